The molecule has 0 saturated carbocycles. The lowest BCUT2D eigenvalue weighted by Gasteiger charge is -2.23. The number of nitro groups is 1. The highest BCUT2D eigenvalue weighted by molar-refractivity contribution is 7.91. The van der Waals surface area contributed by atoms with Gasteiger partial charge in [0.15, 0.2) is 9.84 Å². The first-order valence-electron chi connectivity index (χ1n) is 4.94. The van der Waals surface area contributed by atoms with Crippen LogP contribution >= 0.6 is 0 Å². The van der Waals surface area contributed by atoms with Crippen LogP contribution in [0.4, 0.5) is 11.5 Å². The number of rotatable bonds is 2. The molecule has 0 radical (unpaired) electrons. The second kappa shape index (κ2) is 3.42. The second-order valence-corrected chi connectivity index (χ2v) is 6.61. The van der Waals surface area contributed by atoms with Crippen LogP contribution in [0.5, 0.6) is 0 Å². The molecule has 2 rings (SSSR count). The lowest BCUT2D eigenvalue weighted by atomic mass is 10.0. The summed E-state index contributed by atoms with van der Waals surface area (Å²) in [6.07, 6.45) is 1.41. The van der Waals surface area contributed by atoms with Gasteiger partial charge >= 0.3 is 5.69 Å². The third-order valence-corrected chi connectivity index (χ3v) is 4.86. The lowest BCUT2D eigenvalue weighted by Crippen LogP contribution is -2.33. The van der Waals surface area contributed by atoms with Crippen LogP contribution in [0.2, 0.25) is 0 Å². The van der Waals surface area contributed by atoms with E-state index in [1.165, 1.54) is 4.68 Å². The summed E-state index contributed by atoms with van der Waals surface area (Å²) in [4.78, 5) is 10.0. The quantitative estimate of drug-likeness (QED) is 0.585. The van der Waals surface area contributed by atoms with Crippen LogP contribution in [0.3, 0.4) is 0 Å². The van der Waals surface area contributed by atoms with E-state index in [9.17, 15) is 18.5 Å². The van der Waals surface area contributed by atoms with Gasteiger partial charge in [-0.05, 0) is 13.3 Å². The van der Waals surface area contributed by atoms with Crippen LogP contribution in [0.15, 0.2) is 6.20 Å². The van der Waals surface area contributed by atoms with Crippen LogP contribution in [-0.2, 0) is 15.4 Å². The molecule has 1 aliphatic heterocycles. The number of anilines is 1. The molecule has 8 nitrogen and oxygen atoms in total. The Labute approximate surface area is 97.5 Å². The topological polar surface area (TPSA) is 121 Å². The van der Waals surface area contributed by atoms with Gasteiger partial charge in [0.2, 0.25) is 5.82 Å². The number of nitrogens with zero attached hydrogens (tertiary/aromatic N) is 3. The summed E-state index contributed by atoms with van der Waals surface area (Å²) in [5, 5.41) is 14.5. The summed E-state index contributed by atoms with van der Waals surface area (Å²) < 4.78 is 24.2. The monoisotopic (exact) mass is 260 g/mol. The van der Waals surface area contributed by atoms with Gasteiger partial charge in [-0.15, -0.1) is 0 Å². The minimum atomic E-state index is -3.12. The Bertz CT molecular complexity index is 578. The van der Waals surface area contributed by atoms with Crippen molar-refractivity contribution in [1.82, 2.24) is 9.78 Å². The maximum Gasteiger partial charge on any atom is 0.330 e. The highest BCUT2D eigenvalue weighted by atomic mass is 32.2. The highest BCUT2D eigenvalue weighted by Gasteiger charge is 2.42. The maximum absolute atomic E-state index is 11.5. The molecule has 2 N–H and O–H groups in total. The van der Waals surface area contributed by atoms with E-state index in [2.05, 4.69) is 5.10 Å². The summed E-state index contributed by atoms with van der Waals surface area (Å²) >= 11 is 0. The minimum Gasteiger partial charge on any atom is -0.378 e. The summed E-state index contributed by atoms with van der Waals surface area (Å²) in [7, 11) is -3.12. The van der Waals surface area contributed by atoms with Crippen LogP contribution in [0.1, 0.15) is 13.3 Å². The summed E-state index contributed by atoms with van der Waals surface area (Å²) in [6.45, 7) is 1.69. The third-order valence-electron chi connectivity index (χ3n) is 2.98. The Morgan fingerprint density at radius 3 is 2.71 bits per heavy atom. The molecule has 1 saturated heterocycles. The van der Waals surface area contributed by atoms with E-state index >= 15 is 0 Å². The molecule has 1 aromatic rings. The van der Waals surface area contributed by atoms with Crippen molar-refractivity contribution in [2.45, 2.75) is 18.9 Å². The number of nitrogen functional groups attached to an aromatic ring is 1. The summed E-state index contributed by atoms with van der Waals surface area (Å²) in [5.41, 5.74) is 4.53. The number of hydrogen-bond acceptors (Lipinski definition) is 6. The predicted molar refractivity (Wildman–Crippen MR) is 60.2 cm³/mol. The van der Waals surface area contributed by atoms with Gasteiger partial charge in [0.25, 0.3) is 0 Å². The van der Waals surface area contributed by atoms with Crippen LogP contribution in [0.25, 0.3) is 0 Å². The van der Waals surface area contributed by atoms with Crippen molar-refractivity contribution in [2.24, 2.45) is 0 Å². The van der Waals surface area contributed by atoms with Gasteiger partial charge < -0.3 is 5.73 Å². The van der Waals surface area contributed by atoms with Gasteiger partial charge in [-0.1, -0.05) is 0 Å². The number of hydrogen-bond donors (Lipinski definition) is 1. The first-order chi connectivity index (χ1) is 7.75. The third kappa shape index (κ3) is 1.86. The van der Waals surface area contributed by atoms with Gasteiger partial charge in [0.1, 0.15) is 6.20 Å². The Hall–Kier alpha value is -1.64. The largest absolute Gasteiger partial charge is 0.378 e. The number of nitrogens with two attached hydrogens (primary N) is 1. The molecule has 1 fully saturated rings. The van der Waals surface area contributed by atoms with E-state index in [0.29, 0.717) is 6.42 Å². The molecule has 9 heteroatoms. The molecular weight excluding hydrogens is 248 g/mol. The zero-order valence-corrected chi connectivity index (χ0v) is 9.98. The zero-order chi connectivity index (χ0) is 12.8. The maximum atomic E-state index is 11.5. The molecule has 0 aromatic carbocycles. The number of aromatic nitrogens is 2. The number of sulfone groups is 1. The van der Waals surface area contributed by atoms with E-state index in [-0.39, 0.29) is 23.0 Å². The average molecular weight is 260 g/mol. The van der Waals surface area contributed by atoms with E-state index < -0.39 is 20.3 Å². The van der Waals surface area contributed by atoms with Crippen molar-refractivity contribution in [3.05, 3.63) is 16.3 Å². The molecule has 1 aromatic heterocycles. The fourth-order valence-corrected chi connectivity index (χ4v) is 4.19. The van der Waals surface area contributed by atoms with Gasteiger partial charge in [-0.25, -0.2) is 13.1 Å². The Balaban J connectivity index is 2.45. The van der Waals surface area contributed by atoms with Gasteiger partial charge in [0.05, 0.1) is 22.0 Å². The predicted octanol–water partition coefficient (Wildman–Crippen LogP) is -0.0928. The molecule has 94 valence electrons. The van der Waals surface area contributed by atoms with Gasteiger partial charge in [0, 0.05) is 0 Å². The highest BCUT2D eigenvalue weighted by Crippen LogP contribution is 2.34. The molecular formula is C8H12N4O4S. The molecule has 2 heterocycles. The molecule has 0 amide bonds. The van der Waals surface area contributed by atoms with Crippen molar-refractivity contribution in [3.63, 3.8) is 0 Å². The lowest BCUT2D eigenvalue weighted by molar-refractivity contribution is -0.384. The summed E-state index contributed by atoms with van der Waals surface area (Å²) in [5.74, 6) is -0.144. The van der Waals surface area contributed by atoms with E-state index in [1.54, 1.807) is 6.92 Å². The minimum absolute atomic E-state index is 0.0522. The molecule has 1 aliphatic rings. The van der Waals surface area contributed by atoms with Crippen molar-refractivity contribution in [3.8, 4) is 0 Å². The molecule has 1 atom stereocenters. The molecule has 0 aliphatic carbocycles. The van der Waals surface area contributed by atoms with Gasteiger partial charge in [-0.2, -0.15) is 5.10 Å². The smallest absolute Gasteiger partial charge is 0.330 e. The summed E-state index contributed by atoms with van der Waals surface area (Å²) in [6, 6.07) is 0. The van der Waals surface area contributed by atoms with Crippen molar-refractivity contribution in [2.75, 3.05) is 17.2 Å². The van der Waals surface area contributed by atoms with Crippen LogP contribution < -0.4 is 5.73 Å². The first-order valence-corrected chi connectivity index (χ1v) is 6.76. The zero-order valence-electron chi connectivity index (χ0n) is 9.16. The van der Waals surface area contributed by atoms with Crippen molar-refractivity contribution >= 4 is 21.3 Å². The SMILES string of the molecule is CC1(n2ncc([N+](=O)[O-])c2N)CCS(=O)(=O)C1. The second-order valence-electron chi connectivity index (χ2n) is 4.42. The van der Waals surface area contributed by atoms with E-state index in [0.717, 1.165) is 6.20 Å². The Kier molecular flexibility index (Phi) is 2.38. The van der Waals surface area contributed by atoms with E-state index in [4.69, 9.17) is 5.73 Å². The van der Waals surface area contributed by atoms with Crippen LogP contribution in [0, 0.1) is 10.1 Å². The molecule has 1 unspecified atom stereocenters. The normalized spacial score (nSPS) is 27.1. The van der Waals surface area contributed by atoms with E-state index in [1.807, 2.05) is 0 Å². The Morgan fingerprint density at radius 2 is 2.29 bits per heavy atom. The molecule has 0 bridgehead atoms. The standard InChI is InChI=1S/C8H12N4O4S/c1-8(2-3-17(15,16)5-8)11-7(9)6(4-10-11)12(13)14/h4H,2-3,5,9H2,1H3. The average Bonchev–Trinajstić information content (AvgIpc) is 2.68. The van der Waals surface area contributed by atoms with Crippen molar-refractivity contribution < 1.29 is 13.3 Å². The van der Waals surface area contributed by atoms with Gasteiger partial charge in [-0.3, -0.25) is 10.1 Å². The van der Waals surface area contributed by atoms with Crippen molar-refractivity contribution in [1.29, 1.82) is 0 Å². The fraction of sp³-hybridized carbons (Fsp3) is 0.625. The Morgan fingerprint density at radius 1 is 1.65 bits per heavy atom. The molecule has 0 spiro atoms. The molecule has 17 heavy (non-hydrogen) atoms. The van der Waals surface area contributed by atoms with Crippen LogP contribution in [-0.4, -0.2) is 34.6 Å². The first kappa shape index (κ1) is 11.8. The fourth-order valence-electron chi connectivity index (χ4n) is 2.08.